The first kappa shape index (κ1) is 23.7. The molecule has 4 rings (SSSR count). The van der Waals surface area contributed by atoms with E-state index in [0.29, 0.717) is 6.54 Å². The number of aromatic nitrogens is 1. The molecule has 5 heteroatoms. The Labute approximate surface area is 205 Å². The average Bonchev–Trinajstić information content (AvgIpc) is 3.33. The summed E-state index contributed by atoms with van der Waals surface area (Å²) in [7, 11) is 0. The number of aryl methyl sites for hydroxylation is 1. The van der Waals surface area contributed by atoms with Crippen molar-refractivity contribution in [1.82, 2.24) is 10.3 Å². The summed E-state index contributed by atoms with van der Waals surface area (Å²) in [6.07, 6.45) is 0. The molecule has 3 aromatic carbocycles. The number of rotatable bonds is 7. The molecular weight excluding hydrogens is 440 g/mol. The van der Waals surface area contributed by atoms with Crippen LogP contribution in [0.15, 0.2) is 78.2 Å². The second-order valence-corrected chi connectivity index (χ2v) is 10.3. The Morgan fingerprint density at radius 2 is 1.74 bits per heavy atom. The third kappa shape index (κ3) is 5.91. The fourth-order valence-corrected chi connectivity index (χ4v) is 4.54. The van der Waals surface area contributed by atoms with Gasteiger partial charge in [0.2, 0.25) is 0 Å². The molecule has 0 spiro atoms. The molecule has 174 valence electrons. The van der Waals surface area contributed by atoms with Gasteiger partial charge in [0, 0.05) is 23.1 Å². The van der Waals surface area contributed by atoms with Crippen LogP contribution in [-0.4, -0.2) is 17.5 Å². The maximum Gasteiger partial charge on any atom is 0.258 e. The third-order valence-corrected chi connectivity index (χ3v) is 6.43. The quantitative estimate of drug-likeness (QED) is 0.324. The first-order valence-corrected chi connectivity index (χ1v) is 12.3. The zero-order valence-electron chi connectivity index (χ0n) is 20.1. The Hall–Kier alpha value is -3.44. The van der Waals surface area contributed by atoms with Crippen molar-refractivity contribution in [3.05, 3.63) is 94.9 Å². The van der Waals surface area contributed by atoms with Crippen molar-refractivity contribution in [2.45, 2.75) is 39.7 Å². The van der Waals surface area contributed by atoms with Crippen LogP contribution in [0.1, 0.15) is 37.5 Å². The van der Waals surface area contributed by atoms with Crippen molar-refractivity contribution in [3.8, 4) is 27.6 Å². The number of amides is 1. The molecule has 4 nitrogen and oxygen atoms in total. The Bertz CT molecular complexity index is 1270. The Morgan fingerprint density at radius 3 is 2.50 bits per heavy atom. The number of hydrogen-bond acceptors (Lipinski definition) is 4. The van der Waals surface area contributed by atoms with Gasteiger partial charge in [-0.3, -0.25) is 4.79 Å². The van der Waals surface area contributed by atoms with Crippen molar-refractivity contribution in [2.75, 3.05) is 6.61 Å². The van der Waals surface area contributed by atoms with Gasteiger partial charge in [-0.2, -0.15) is 0 Å². The molecule has 1 heterocycles. The van der Waals surface area contributed by atoms with E-state index in [9.17, 15) is 4.79 Å². The third-order valence-electron chi connectivity index (χ3n) is 5.54. The lowest BCUT2D eigenvalue weighted by molar-refractivity contribution is -0.123. The van der Waals surface area contributed by atoms with Gasteiger partial charge in [0.15, 0.2) is 6.61 Å². The van der Waals surface area contributed by atoms with Crippen LogP contribution in [0.4, 0.5) is 0 Å². The molecule has 4 aromatic rings. The first-order chi connectivity index (χ1) is 16.3. The lowest BCUT2D eigenvalue weighted by atomic mass is 9.85. The predicted octanol–water partition coefficient (Wildman–Crippen LogP) is 6.78. The smallest absolute Gasteiger partial charge is 0.258 e. The Kier molecular flexibility index (Phi) is 7.13. The molecule has 0 aliphatic rings. The van der Waals surface area contributed by atoms with Gasteiger partial charge in [-0.25, -0.2) is 4.98 Å². The molecule has 0 saturated carbocycles. The minimum atomic E-state index is -0.147. The summed E-state index contributed by atoms with van der Waals surface area (Å²) < 4.78 is 5.89. The highest BCUT2D eigenvalue weighted by atomic mass is 32.1. The van der Waals surface area contributed by atoms with Crippen LogP contribution in [-0.2, 0) is 16.8 Å². The van der Waals surface area contributed by atoms with E-state index in [2.05, 4.69) is 62.7 Å². The summed E-state index contributed by atoms with van der Waals surface area (Å²) >= 11 is 1.62. The van der Waals surface area contributed by atoms with Crippen LogP contribution in [0.3, 0.4) is 0 Å². The topological polar surface area (TPSA) is 51.2 Å². The van der Waals surface area contributed by atoms with Gasteiger partial charge in [-0.05, 0) is 35.6 Å². The SMILES string of the molecule is Cc1ccc(OCC(=O)NCc2cccc(-c3nc(-c4ccccc4)cs3)c2)c(C(C)(C)C)c1. The minimum absolute atomic E-state index is 0.0151. The molecule has 1 aromatic heterocycles. The Balaban J connectivity index is 1.37. The normalized spacial score (nSPS) is 11.3. The van der Waals surface area contributed by atoms with E-state index in [1.165, 1.54) is 5.56 Å². The molecule has 34 heavy (non-hydrogen) atoms. The highest BCUT2D eigenvalue weighted by Gasteiger charge is 2.19. The van der Waals surface area contributed by atoms with Gasteiger partial charge in [-0.15, -0.1) is 11.3 Å². The molecule has 0 fully saturated rings. The monoisotopic (exact) mass is 470 g/mol. The van der Waals surface area contributed by atoms with Crippen LogP contribution < -0.4 is 10.1 Å². The van der Waals surface area contributed by atoms with Gasteiger partial charge < -0.3 is 10.1 Å². The van der Waals surface area contributed by atoms with Crippen LogP contribution in [0.5, 0.6) is 5.75 Å². The molecule has 0 unspecified atom stereocenters. The summed E-state index contributed by atoms with van der Waals surface area (Å²) in [4.78, 5) is 17.3. The second-order valence-electron chi connectivity index (χ2n) is 9.42. The fraction of sp³-hybridized carbons (Fsp3) is 0.241. The standard InChI is InChI=1S/C29H30N2O2S/c1-20-13-14-26(24(15-20)29(2,3)4)33-18-27(32)30-17-21-9-8-12-23(16-21)28-31-25(19-34-28)22-10-6-5-7-11-22/h5-16,19H,17-18H2,1-4H3,(H,30,32). The van der Waals surface area contributed by atoms with Crippen LogP contribution in [0, 0.1) is 6.92 Å². The number of hydrogen-bond donors (Lipinski definition) is 1. The number of carbonyl (C=O) groups excluding carboxylic acids is 1. The number of nitrogens with one attached hydrogen (secondary N) is 1. The van der Waals surface area contributed by atoms with Crippen LogP contribution >= 0.6 is 11.3 Å². The molecule has 0 atom stereocenters. The van der Waals surface area contributed by atoms with Gasteiger partial charge in [0.1, 0.15) is 10.8 Å². The van der Waals surface area contributed by atoms with E-state index >= 15 is 0 Å². The predicted molar refractivity (Wildman–Crippen MR) is 140 cm³/mol. The zero-order valence-corrected chi connectivity index (χ0v) is 20.9. The molecule has 0 aliphatic heterocycles. The number of carbonyl (C=O) groups is 1. The molecule has 1 amide bonds. The zero-order chi connectivity index (χ0) is 24.1. The molecular formula is C29H30N2O2S. The van der Waals surface area contributed by atoms with E-state index in [1.54, 1.807) is 11.3 Å². The van der Waals surface area contributed by atoms with Crippen molar-refractivity contribution in [3.63, 3.8) is 0 Å². The van der Waals surface area contributed by atoms with Crippen molar-refractivity contribution in [2.24, 2.45) is 0 Å². The van der Waals surface area contributed by atoms with Gasteiger partial charge in [0.25, 0.3) is 5.91 Å². The Morgan fingerprint density at radius 1 is 0.971 bits per heavy atom. The van der Waals surface area contributed by atoms with Crippen LogP contribution in [0.25, 0.3) is 21.8 Å². The van der Waals surface area contributed by atoms with E-state index in [1.807, 2.05) is 48.5 Å². The number of ether oxygens (including phenoxy) is 1. The van der Waals surface area contributed by atoms with E-state index in [0.717, 1.165) is 38.7 Å². The first-order valence-electron chi connectivity index (χ1n) is 11.4. The maximum atomic E-state index is 12.5. The molecule has 0 bridgehead atoms. The lowest BCUT2D eigenvalue weighted by Gasteiger charge is -2.23. The minimum Gasteiger partial charge on any atom is -0.483 e. The maximum absolute atomic E-state index is 12.5. The average molecular weight is 471 g/mol. The van der Waals surface area contributed by atoms with Crippen molar-refractivity contribution >= 4 is 17.2 Å². The highest BCUT2D eigenvalue weighted by Crippen LogP contribution is 2.32. The van der Waals surface area contributed by atoms with E-state index in [4.69, 9.17) is 9.72 Å². The van der Waals surface area contributed by atoms with Crippen LogP contribution in [0.2, 0.25) is 0 Å². The largest absolute Gasteiger partial charge is 0.483 e. The number of nitrogens with zero attached hydrogens (tertiary/aromatic N) is 1. The summed E-state index contributed by atoms with van der Waals surface area (Å²) in [5, 5.41) is 6.01. The number of thiazole rings is 1. The number of benzene rings is 3. The molecule has 0 aliphatic carbocycles. The second kappa shape index (κ2) is 10.2. The molecule has 0 saturated heterocycles. The van der Waals surface area contributed by atoms with E-state index in [-0.39, 0.29) is 17.9 Å². The van der Waals surface area contributed by atoms with Crippen molar-refractivity contribution < 1.29 is 9.53 Å². The van der Waals surface area contributed by atoms with E-state index < -0.39 is 0 Å². The molecule has 0 radical (unpaired) electrons. The van der Waals surface area contributed by atoms with Gasteiger partial charge >= 0.3 is 0 Å². The summed E-state index contributed by atoms with van der Waals surface area (Å²) in [5.74, 6) is 0.611. The molecule has 1 N–H and O–H groups in total. The van der Waals surface area contributed by atoms with Gasteiger partial charge in [-0.1, -0.05) is 87.0 Å². The lowest BCUT2D eigenvalue weighted by Crippen LogP contribution is -2.29. The summed E-state index contributed by atoms with van der Waals surface area (Å²) in [6, 6.07) is 24.4. The summed E-state index contributed by atoms with van der Waals surface area (Å²) in [6.45, 7) is 8.92. The van der Waals surface area contributed by atoms with Crippen molar-refractivity contribution in [1.29, 1.82) is 0 Å². The van der Waals surface area contributed by atoms with Gasteiger partial charge in [0.05, 0.1) is 5.69 Å². The highest BCUT2D eigenvalue weighted by molar-refractivity contribution is 7.13. The fourth-order valence-electron chi connectivity index (χ4n) is 3.71. The summed E-state index contributed by atoms with van der Waals surface area (Å²) in [5.41, 5.74) is 6.37.